The smallest absolute Gasteiger partial charge is 0.329 e. The van der Waals surface area contributed by atoms with E-state index in [9.17, 15) is 14.4 Å². The number of H-pyrrole nitrogens is 1. The molecule has 0 aliphatic carbocycles. The van der Waals surface area contributed by atoms with Crippen molar-refractivity contribution in [2.24, 2.45) is 0 Å². The molecule has 0 aliphatic heterocycles. The summed E-state index contributed by atoms with van der Waals surface area (Å²) in [7, 11) is 0. The van der Waals surface area contributed by atoms with Crippen molar-refractivity contribution in [2.45, 2.75) is 39.3 Å². The molecule has 3 N–H and O–H groups in total. The number of nitrogens with one attached hydrogen (secondary N) is 3. The van der Waals surface area contributed by atoms with Gasteiger partial charge in [0.15, 0.2) is 6.10 Å². The molecule has 2 atom stereocenters. The summed E-state index contributed by atoms with van der Waals surface area (Å²) in [6.07, 6.45) is 1.03. The topological polar surface area (TPSA) is 100 Å². The van der Waals surface area contributed by atoms with Crippen molar-refractivity contribution < 1.29 is 19.1 Å². The summed E-state index contributed by atoms with van der Waals surface area (Å²) in [5.41, 5.74) is 3.50. The molecule has 2 amide bonds. The number of carbonyl (C=O) groups excluding carboxylic acids is 3. The van der Waals surface area contributed by atoms with Gasteiger partial charge in [0.1, 0.15) is 6.04 Å². The Morgan fingerprint density at radius 3 is 2.47 bits per heavy atom. The third kappa shape index (κ3) is 5.26. The summed E-state index contributed by atoms with van der Waals surface area (Å²) in [6, 6.07) is 14.1. The highest BCUT2D eigenvalue weighted by Gasteiger charge is 2.27. The molecule has 30 heavy (non-hydrogen) atoms. The van der Waals surface area contributed by atoms with Crippen molar-refractivity contribution in [3.63, 3.8) is 0 Å². The zero-order chi connectivity index (χ0) is 21.7. The molecule has 7 heteroatoms. The Balaban J connectivity index is 1.67. The largest absolute Gasteiger partial charge is 0.451 e. The first-order valence-corrected chi connectivity index (χ1v) is 9.73. The summed E-state index contributed by atoms with van der Waals surface area (Å²) >= 11 is 0. The maximum atomic E-state index is 12.7. The fraction of sp³-hybridized carbons (Fsp3) is 0.261. The first-order chi connectivity index (χ1) is 14.3. The predicted molar refractivity (Wildman–Crippen MR) is 115 cm³/mol. The van der Waals surface area contributed by atoms with Gasteiger partial charge in [-0.05, 0) is 37.6 Å². The van der Waals surface area contributed by atoms with Gasteiger partial charge in [0.2, 0.25) is 5.91 Å². The van der Waals surface area contributed by atoms with E-state index in [2.05, 4.69) is 15.6 Å². The average molecular weight is 407 g/mol. The number of rotatable bonds is 7. The average Bonchev–Trinajstić information content (AvgIpc) is 3.11. The van der Waals surface area contributed by atoms with E-state index in [0.717, 1.165) is 22.0 Å². The van der Waals surface area contributed by atoms with Crippen LogP contribution in [0.15, 0.2) is 54.7 Å². The van der Waals surface area contributed by atoms with Gasteiger partial charge in [0, 0.05) is 36.1 Å². The Morgan fingerprint density at radius 2 is 1.77 bits per heavy atom. The molecule has 0 unspecified atom stereocenters. The summed E-state index contributed by atoms with van der Waals surface area (Å²) < 4.78 is 5.36. The molecule has 0 fully saturated rings. The Kier molecular flexibility index (Phi) is 6.51. The fourth-order valence-corrected chi connectivity index (χ4v) is 3.15. The summed E-state index contributed by atoms with van der Waals surface area (Å²) in [4.78, 5) is 39.9. The SMILES string of the molecule is CC(=O)N[C@@H](Cc1c[nH]c2ccccc12)C(=O)O[C@@H](C)C(=O)Nc1ccc(C)cc1. The number of ether oxygens (including phenoxy) is 1. The molecule has 1 heterocycles. The van der Waals surface area contributed by atoms with Gasteiger partial charge in [-0.25, -0.2) is 4.79 Å². The number of hydrogen-bond acceptors (Lipinski definition) is 4. The quantitative estimate of drug-likeness (QED) is 0.524. The lowest BCUT2D eigenvalue weighted by atomic mass is 10.0. The van der Waals surface area contributed by atoms with E-state index in [-0.39, 0.29) is 12.3 Å². The number of aromatic nitrogens is 1. The van der Waals surface area contributed by atoms with E-state index in [1.54, 1.807) is 18.3 Å². The van der Waals surface area contributed by atoms with Gasteiger partial charge in [0.25, 0.3) is 5.91 Å². The molecule has 0 aliphatic rings. The van der Waals surface area contributed by atoms with E-state index >= 15 is 0 Å². The molecule has 0 radical (unpaired) electrons. The predicted octanol–water partition coefficient (Wildman–Crippen LogP) is 3.09. The van der Waals surface area contributed by atoms with Crippen LogP contribution in [-0.2, 0) is 25.5 Å². The fourth-order valence-electron chi connectivity index (χ4n) is 3.15. The molecule has 0 bridgehead atoms. The van der Waals surface area contributed by atoms with Gasteiger partial charge in [-0.3, -0.25) is 9.59 Å². The standard InChI is InChI=1S/C23H25N3O4/c1-14-8-10-18(11-9-14)26-22(28)15(2)30-23(29)21(25-16(3)27)12-17-13-24-20-7-5-4-6-19(17)20/h4-11,13,15,21,24H,12H2,1-3H3,(H,25,27)(H,26,28)/t15-,21-/m0/s1. The van der Waals surface area contributed by atoms with E-state index in [1.807, 2.05) is 43.3 Å². The van der Waals surface area contributed by atoms with Gasteiger partial charge in [0.05, 0.1) is 0 Å². The van der Waals surface area contributed by atoms with E-state index in [0.29, 0.717) is 5.69 Å². The molecule has 2 aromatic carbocycles. The first-order valence-electron chi connectivity index (χ1n) is 9.73. The Morgan fingerprint density at radius 1 is 1.07 bits per heavy atom. The molecule has 1 aromatic heterocycles. The Labute approximate surface area is 174 Å². The number of hydrogen-bond donors (Lipinski definition) is 3. The number of amides is 2. The molecule has 156 valence electrons. The van der Waals surface area contributed by atoms with Crippen molar-refractivity contribution in [1.82, 2.24) is 10.3 Å². The van der Waals surface area contributed by atoms with Gasteiger partial charge in [-0.15, -0.1) is 0 Å². The number of para-hydroxylation sites is 1. The van der Waals surface area contributed by atoms with Crippen LogP contribution in [-0.4, -0.2) is 34.9 Å². The monoisotopic (exact) mass is 407 g/mol. The second-order valence-electron chi connectivity index (χ2n) is 7.25. The Bertz CT molecular complexity index is 1060. The van der Waals surface area contributed by atoms with Crippen molar-refractivity contribution in [2.75, 3.05) is 5.32 Å². The minimum Gasteiger partial charge on any atom is -0.451 e. The van der Waals surface area contributed by atoms with Crippen LogP contribution in [0.4, 0.5) is 5.69 Å². The zero-order valence-corrected chi connectivity index (χ0v) is 17.2. The maximum Gasteiger partial charge on any atom is 0.329 e. The van der Waals surface area contributed by atoms with Crippen LogP contribution in [0, 0.1) is 6.92 Å². The minimum absolute atomic E-state index is 0.245. The Hall–Kier alpha value is -3.61. The summed E-state index contributed by atoms with van der Waals surface area (Å²) in [5.74, 6) is -1.46. The molecule has 3 aromatic rings. The van der Waals surface area contributed by atoms with Crippen LogP contribution in [0.2, 0.25) is 0 Å². The number of aromatic amines is 1. The second kappa shape index (κ2) is 9.26. The van der Waals surface area contributed by atoms with Gasteiger partial charge >= 0.3 is 5.97 Å². The van der Waals surface area contributed by atoms with Crippen LogP contribution < -0.4 is 10.6 Å². The number of aryl methyl sites for hydroxylation is 1. The number of carbonyl (C=O) groups is 3. The lowest BCUT2D eigenvalue weighted by molar-refractivity contribution is -0.156. The van der Waals surface area contributed by atoms with E-state index in [4.69, 9.17) is 4.74 Å². The third-order valence-corrected chi connectivity index (χ3v) is 4.74. The molecule has 0 saturated heterocycles. The first kappa shape index (κ1) is 21.1. The lowest BCUT2D eigenvalue weighted by Crippen LogP contribution is -2.44. The number of anilines is 1. The molecule has 0 saturated carbocycles. The highest BCUT2D eigenvalue weighted by atomic mass is 16.5. The van der Waals surface area contributed by atoms with E-state index in [1.165, 1.54) is 13.8 Å². The van der Waals surface area contributed by atoms with Gasteiger partial charge in [-0.2, -0.15) is 0 Å². The normalized spacial score (nSPS) is 12.8. The molecule has 0 spiro atoms. The summed E-state index contributed by atoms with van der Waals surface area (Å²) in [5, 5.41) is 6.30. The van der Waals surface area contributed by atoms with Crippen LogP contribution in [0.3, 0.4) is 0 Å². The van der Waals surface area contributed by atoms with Gasteiger partial charge in [-0.1, -0.05) is 35.9 Å². The van der Waals surface area contributed by atoms with Crippen molar-refractivity contribution in [3.05, 3.63) is 65.9 Å². The number of benzene rings is 2. The maximum absolute atomic E-state index is 12.7. The highest BCUT2D eigenvalue weighted by molar-refractivity contribution is 5.96. The minimum atomic E-state index is -1.02. The number of esters is 1. The van der Waals surface area contributed by atoms with Crippen LogP contribution >= 0.6 is 0 Å². The van der Waals surface area contributed by atoms with Crippen LogP contribution in [0.5, 0.6) is 0 Å². The molecule has 3 rings (SSSR count). The van der Waals surface area contributed by atoms with Crippen molar-refractivity contribution in [1.29, 1.82) is 0 Å². The summed E-state index contributed by atoms with van der Waals surface area (Å²) in [6.45, 7) is 4.78. The van der Waals surface area contributed by atoms with Crippen LogP contribution in [0.25, 0.3) is 10.9 Å². The highest BCUT2D eigenvalue weighted by Crippen LogP contribution is 2.19. The third-order valence-electron chi connectivity index (χ3n) is 4.74. The number of fused-ring (bicyclic) bond motifs is 1. The molecular weight excluding hydrogens is 382 g/mol. The zero-order valence-electron chi connectivity index (χ0n) is 17.2. The molecular formula is C23H25N3O4. The van der Waals surface area contributed by atoms with Crippen molar-refractivity contribution >= 4 is 34.4 Å². The second-order valence-corrected chi connectivity index (χ2v) is 7.25. The van der Waals surface area contributed by atoms with E-state index < -0.39 is 24.0 Å². The molecule has 7 nitrogen and oxygen atoms in total. The van der Waals surface area contributed by atoms with Crippen molar-refractivity contribution in [3.8, 4) is 0 Å². The van der Waals surface area contributed by atoms with Gasteiger partial charge < -0.3 is 20.4 Å². The lowest BCUT2D eigenvalue weighted by Gasteiger charge is -2.20. The van der Waals surface area contributed by atoms with Crippen LogP contribution in [0.1, 0.15) is 25.0 Å².